The maximum Gasteiger partial charge on any atom is 1.00 e. The van der Waals surface area contributed by atoms with Gasteiger partial charge in [0.25, 0.3) is 0 Å². The van der Waals surface area contributed by atoms with E-state index in [9.17, 15) is 4.79 Å². The van der Waals surface area contributed by atoms with Crippen LogP contribution in [0.5, 0.6) is 5.75 Å². The van der Waals surface area contributed by atoms with E-state index in [1.807, 2.05) is 36.4 Å². The fraction of sp³-hybridized carbons (Fsp3) is 0.214. The Hall–Kier alpha value is -0.394. The van der Waals surface area contributed by atoms with Crippen molar-refractivity contribution in [1.82, 2.24) is 0 Å². The first kappa shape index (κ1) is 15.7. The second-order valence-electron chi connectivity index (χ2n) is 4.03. The fourth-order valence-corrected chi connectivity index (χ4v) is 1.78. The Bertz CT molecular complexity index is 572. The molecule has 2 rings (SSSR count). The van der Waals surface area contributed by atoms with E-state index < -0.39 is 11.9 Å². The molecule has 2 aromatic rings. The van der Waals surface area contributed by atoms with Crippen molar-refractivity contribution in [3.05, 3.63) is 42.0 Å². The first-order valence-electron chi connectivity index (χ1n) is 5.42. The summed E-state index contributed by atoms with van der Waals surface area (Å²) in [4.78, 5) is 10.9. The van der Waals surface area contributed by atoms with Gasteiger partial charge in [0.2, 0.25) is 0 Å². The van der Waals surface area contributed by atoms with Crippen LogP contribution in [0.4, 0.5) is 0 Å². The quantitative estimate of drug-likeness (QED) is 0.808. The SMILES string of the molecule is COc1ccc2cc([C@H](C)C(=O)O)ccc2c1.[H-].[K+]. The predicted molar refractivity (Wildman–Crippen MR) is 67.7 cm³/mol. The molecular weight excluding hydrogens is 255 g/mol. The van der Waals surface area contributed by atoms with E-state index in [0.29, 0.717) is 0 Å². The Morgan fingerprint density at radius 1 is 1.22 bits per heavy atom. The van der Waals surface area contributed by atoms with Gasteiger partial charge in [0.05, 0.1) is 13.0 Å². The molecule has 0 spiro atoms. The van der Waals surface area contributed by atoms with E-state index in [1.54, 1.807) is 14.0 Å². The molecule has 2 aromatic carbocycles. The molecule has 3 nitrogen and oxygen atoms in total. The van der Waals surface area contributed by atoms with E-state index in [2.05, 4.69) is 0 Å². The van der Waals surface area contributed by atoms with Crippen molar-refractivity contribution in [1.29, 1.82) is 0 Å². The first-order valence-corrected chi connectivity index (χ1v) is 5.42. The van der Waals surface area contributed by atoms with Gasteiger partial charge in [-0.15, -0.1) is 0 Å². The molecule has 90 valence electrons. The van der Waals surface area contributed by atoms with Gasteiger partial charge in [-0.3, -0.25) is 4.79 Å². The molecule has 0 saturated carbocycles. The van der Waals surface area contributed by atoms with Crippen LogP contribution >= 0.6 is 0 Å². The minimum Gasteiger partial charge on any atom is -1.00 e. The summed E-state index contributed by atoms with van der Waals surface area (Å²) in [6.07, 6.45) is 0. The van der Waals surface area contributed by atoms with Crippen molar-refractivity contribution >= 4 is 16.7 Å². The van der Waals surface area contributed by atoms with Gasteiger partial charge < -0.3 is 11.3 Å². The molecule has 0 aliphatic carbocycles. The van der Waals surface area contributed by atoms with Crippen molar-refractivity contribution in [3.63, 3.8) is 0 Å². The number of aliphatic carboxylic acids is 1. The van der Waals surface area contributed by atoms with Crippen LogP contribution in [-0.2, 0) is 4.79 Å². The zero-order valence-corrected chi connectivity index (χ0v) is 13.9. The largest absolute Gasteiger partial charge is 1.00 e. The topological polar surface area (TPSA) is 46.5 Å². The number of methoxy groups -OCH3 is 1. The summed E-state index contributed by atoms with van der Waals surface area (Å²) in [6.45, 7) is 1.69. The van der Waals surface area contributed by atoms with Crippen molar-refractivity contribution in [2.24, 2.45) is 0 Å². The zero-order chi connectivity index (χ0) is 12.4. The smallest absolute Gasteiger partial charge is 1.00 e. The normalized spacial score (nSPS) is 11.7. The maximum atomic E-state index is 10.9. The summed E-state index contributed by atoms with van der Waals surface area (Å²) in [5.74, 6) is -0.490. The number of carbonyl (C=O) groups is 1. The molecular formula is C14H15KO3. The molecule has 0 radical (unpaired) electrons. The van der Waals surface area contributed by atoms with Crippen LogP contribution in [0.2, 0.25) is 0 Å². The van der Waals surface area contributed by atoms with E-state index in [-0.39, 0.29) is 52.8 Å². The Labute approximate surface area is 150 Å². The van der Waals surface area contributed by atoms with E-state index in [4.69, 9.17) is 9.84 Å². The van der Waals surface area contributed by atoms with E-state index in [1.165, 1.54) is 0 Å². The molecule has 0 aromatic heterocycles. The second kappa shape index (κ2) is 6.68. The molecule has 0 fully saturated rings. The summed E-state index contributed by atoms with van der Waals surface area (Å²) in [7, 11) is 1.63. The van der Waals surface area contributed by atoms with Crippen LogP contribution in [0.3, 0.4) is 0 Å². The molecule has 1 N–H and O–H groups in total. The molecule has 0 bridgehead atoms. The number of carboxylic acid groups (broad SMARTS) is 1. The summed E-state index contributed by atoms with van der Waals surface area (Å²) in [6, 6.07) is 11.4. The number of benzene rings is 2. The fourth-order valence-electron chi connectivity index (χ4n) is 1.78. The zero-order valence-electron chi connectivity index (χ0n) is 11.8. The van der Waals surface area contributed by atoms with Gasteiger partial charge in [-0.05, 0) is 35.4 Å². The summed E-state index contributed by atoms with van der Waals surface area (Å²) in [5.41, 5.74) is 0.815. The Morgan fingerprint density at radius 2 is 1.83 bits per heavy atom. The minimum atomic E-state index is -0.808. The second-order valence-corrected chi connectivity index (χ2v) is 4.03. The third-order valence-electron chi connectivity index (χ3n) is 2.94. The molecule has 0 heterocycles. The van der Waals surface area contributed by atoms with Gasteiger partial charge in [-0.25, -0.2) is 0 Å². The number of hydrogen-bond donors (Lipinski definition) is 1. The minimum absolute atomic E-state index is 0. The third-order valence-corrected chi connectivity index (χ3v) is 2.94. The molecule has 4 heteroatoms. The molecule has 0 saturated heterocycles. The standard InChI is InChI=1S/C14H14O3.K.H/c1-9(14(15)16)10-3-4-12-8-13(17-2)6-5-11(12)7-10;;/h3-9H,1-2H3,(H,15,16);;/q;+1;-1/t9-;;/m0../s1. The summed E-state index contributed by atoms with van der Waals surface area (Å²) < 4.78 is 5.14. The van der Waals surface area contributed by atoms with Gasteiger partial charge >= 0.3 is 57.4 Å². The molecule has 0 aliphatic rings. The average Bonchev–Trinajstić information content (AvgIpc) is 2.36. The van der Waals surface area contributed by atoms with Crippen molar-refractivity contribution in [2.75, 3.05) is 7.11 Å². The van der Waals surface area contributed by atoms with Gasteiger partial charge in [-0.1, -0.05) is 24.3 Å². The average molecular weight is 270 g/mol. The van der Waals surface area contributed by atoms with E-state index >= 15 is 0 Å². The predicted octanol–water partition coefficient (Wildman–Crippen LogP) is 0.153. The summed E-state index contributed by atoms with van der Waals surface area (Å²) in [5, 5.41) is 11.0. The van der Waals surface area contributed by atoms with Crippen LogP contribution < -0.4 is 56.1 Å². The maximum absolute atomic E-state index is 10.9. The molecule has 0 amide bonds. The van der Waals surface area contributed by atoms with Crippen LogP contribution in [0.1, 0.15) is 19.8 Å². The Kier molecular flexibility index (Phi) is 5.81. The molecule has 0 unspecified atom stereocenters. The van der Waals surface area contributed by atoms with Crippen LogP contribution in [-0.4, -0.2) is 18.2 Å². The number of fused-ring (bicyclic) bond motifs is 1. The molecule has 0 aliphatic heterocycles. The third kappa shape index (κ3) is 3.33. The summed E-state index contributed by atoms with van der Waals surface area (Å²) >= 11 is 0. The number of rotatable bonds is 3. The molecule has 18 heavy (non-hydrogen) atoms. The monoisotopic (exact) mass is 270 g/mol. The van der Waals surface area contributed by atoms with Gasteiger partial charge in [-0.2, -0.15) is 0 Å². The van der Waals surface area contributed by atoms with Crippen molar-refractivity contribution in [3.8, 4) is 5.75 Å². The van der Waals surface area contributed by atoms with E-state index in [0.717, 1.165) is 22.1 Å². The Balaban J connectivity index is 0.00000162. The van der Waals surface area contributed by atoms with Crippen LogP contribution in [0.25, 0.3) is 10.8 Å². The Morgan fingerprint density at radius 3 is 2.44 bits per heavy atom. The number of hydrogen-bond acceptors (Lipinski definition) is 2. The number of carboxylic acids is 1. The van der Waals surface area contributed by atoms with Gasteiger partial charge in [0, 0.05) is 0 Å². The molecule has 1 atom stereocenters. The van der Waals surface area contributed by atoms with Gasteiger partial charge in [0.1, 0.15) is 5.75 Å². The van der Waals surface area contributed by atoms with Crippen molar-refractivity contribution < 1.29 is 67.4 Å². The van der Waals surface area contributed by atoms with Crippen molar-refractivity contribution in [2.45, 2.75) is 12.8 Å². The van der Waals surface area contributed by atoms with Crippen LogP contribution in [0, 0.1) is 0 Å². The first-order chi connectivity index (χ1) is 8.11. The van der Waals surface area contributed by atoms with Crippen LogP contribution in [0.15, 0.2) is 36.4 Å². The van der Waals surface area contributed by atoms with Gasteiger partial charge in [0.15, 0.2) is 0 Å². The number of ether oxygens (including phenoxy) is 1.